The molecule has 194 valence electrons. The highest BCUT2D eigenvalue weighted by molar-refractivity contribution is 7.99. The Balaban J connectivity index is 1.36. The average Bonchev–Trinajstić information content (AvgIpc) is 3.30. The van der Waals surface area contributed by atoms with Crippen molar-refractivity contribution >= 4 is 28.6 Å². The lowest BCUT2D eigenvalue weighted by molar-refractivity contribution is -0.137. The summed E-state index contributed by atoms with van der Waals surface area (Å²) in [6, 6.07) is 11.5. The smallest absolute Gasteiger partial charge is 0.303 e. The van der Waals surface area contributed by atoms with E-state index in [1.54, 1.807) is 19.4 Å². The van der Waals surface area contributed by atoms with E-state index in [1.807, 2.05) is 30.0 Å². The third kappa shape index (κ3) is 6.79. The molecule has 6 nitrogen and oxygen atoms in total. The molecule has 3 aromatic rings. The van der Waals surface area contributed by atoms with Crippen LogP contribution in [0.5, 0.6) is 5.75 Å². The third-order valence-electron chi connectivity index (χ3n) is 7.37. The molecule has 1 saturated heterocycles. The lowest BCUT2D eigenvalue weighted by atomic mass is 9.79. The number of rotatable bonds is 12. The molecule has 3 heterocycles. The summed E-state index contributed by atoms with van der Waals surface area (Å²) in [6.07, 6.45) is 5.60. The molecular formula is C28H36FN3O3S. The fourth-order valence-corrected chi connectivity index (χ4v) is 6.31. The predicted octanol–water partition coefficient (Wildman–Crippen LogP) is 5.97. The second-order valence-corrected chi connectivity index (χ2v) is 10.8. The number of nitrogens with zero attached hydrogens (tertiary/aromatic N) is 3. The van der Waals surface area contributed by atoms with Gasteiger partial charge in [-0.25, -0.2) is 4.39 Å². The normalized spacial score (nSPS) is 19.4. The van der Waals surface area contributed by atoms with Crippen LogP contribution in [0.2, 0.25) is 0 Å². The standard InChI is InChI=1S/C28H36FN3O3S/c1-31-14-3-4-27(31)36-17-16-32-15-12-20(21(19-32)6-10-28(33)34)5-8-25(29)23-11-13-30-26-9-7-22(35-2)18-24(23)26/h3-4,7,9,11,13-14,18,20-21,25H,5-6,8,10,12,15-17,19H2,1-2H3,(H,33,34)/t20?,21?,25-/m0/s1. The van der Waals surface area contributed by atoms with Crippen molar-refractivity contribution in [3.8, 4) is 5.75 Å². The molecule has 1 fully saturated rings. The van der Waals surface area contributed by atoms with Gasteiger partial charge in [0.15, 0.2) is 0 Å². The Labute approximate surface area is 216 Å². The molecule has 4 rings (SSSR count). The third-order valence-corrected chi connectivity index (χ3v) is 8.48. The Hall–Kier alpha value is -2.58. The Morgan fingerprint density at radius 3 is 2.89 bits per heavy atom. The van der Waals surface area contributed by atoms with Crippen molar-refractivity contribution in [1.82, 2.24) is 14.5 Å². The number of carbonyl (C=O) groups is 1. The topological polar surface area (TPSA) is 67.6 Å². The number of aromatic nitrogens is 2. The Bertz CT molecular complexity index is 1150. The van der Waals surface area contributed by atoms with Gasteiger partial charge in [-0.05, 0) is 86.0 Å². The van der Waals surface area contributed by atoms with Crippen LogP contribution in [-0.2, 0) is 11.8 Å². The van der Waals surface area contributed by atoms with Crippen molar-refractivity contribution in [1.29, 1.82) is 0 Å². The number of piperidine rings is 1. The van der Waals surface area contributed by atoms with Gasteiger partial charge in [0, 0.05) is 50.1 Å². The van der Waals surface area contributed by atoms with Gasteiger partial charge in [0.25, 0.3) is 0 Å². The fraction of sp³-hybridized carbons (Fsp3) is 0.500. The van der Waals surface area contributed by atoms with Crippen LogP contribution in [0.3, 0.4) is 0 Å². The molecule has 2 unspecified atom stereocenters. The molecule has 0 aliphatic carbocycles. The Kier molecular flexibility index (Phi) is 9.26. The zero-order valence-electron chi connectivity index (χ0n) is 21.1. The van der Waals surface area contributed by atoms with Gasteiger partial charge in [-0.15, -0.1) is 11.8 Å². The first-order valence-electron chi connectivity index (χ1n) is 12.7. The van der Waals surface area contributed by atoms with E-state index in [1.165, 1.54) is 5.03 Å². The summed E-state index contributed by atoms with van der Waals surface area (Å²) in [5, 5.41) is 11.3. The molecule has 1 aliphatic heterocycles. The average molecular weight is 514 g/mol. The van der Waals surface area contributed by atoms with Crippen molar-refractivity contribution in [2.75, 3.05) is 32.5 Å². The molecule has 36 heavy (non-hydrogen) atoms. The van der Waals surface area contributed by atoms with Gasteiger partial charge in [0.1, 0.15) is 11.9 Å². The number of ether oxygens (including phenoxy) is 1. The number of carboxylic acid groups (broad SMARTS) is 1. The van der Waals surface area contributed by atoms with E-state index in [9.17, 15) is 9.90 Å². The number of likely N-dealkylation sites (tertiary alicyclic amines) is 1. The van der Waals surface area contributed by atoms with Gasteiger partial charge in [-0.2, -0.15) is 0 Å². The maximum absolute atomic E-state index is 15.5. The number of alkyl halides is 1. The molecule has 1 N–H and O–H groups in total. The number of fused-ring (bicyclic) bond motifs is 1. The SMILES string of the molecule is COc1ccc2nccc([C@@H](F)CCC3CCN(CCSc4cccn4C)CC3CCC(=O)O)c2c1. The van der Waals surface area contributed by atoms with Crippen molar-refractivity contribution in [2.24, 2.45) is 18.9 Å². The molecule has 0 radical (unpaired) electrons. The second kappa shape index (κ2) is 12.6. The summed E-state index contributed by atoms with van der Waals surface area (Å²) < 4.78 is 23.0. The van der Waals surface area contributed by atoms with Crippen LogP contribution < -0.4 is 4.74 Å². The minimum atomic E-state index is -1.09. The number of benzene rings is 1. The minimum absolute atomic E-state index is 0.168. The number of thioether (sulfide) groups is 1. The van der Waals surface area contributed by atoms with Crippen molar-refractivity contribution in [3.63, 3.8) is 0 Å². The summed E-state index contributed by atoms with van der Waals surface area (Å²) >= 11 is 1.85. The first-order valence-corrected chi connectivity index (χ1v) is 13.7. The number of methoxy groups -OCH3 is 1. The van der Waals surface area contributed by atoms with Crippen molar-refractivity contribution < 1.29 is 19.0 Å². The molecule has 2 aromatic heterocycles. The van der Waals surface area contributed by atoms with Crippen molar-refractivity contribution in [3.05, 3.63) is 54.4 Å². The zero-order valence-corrected chi connectivity index (χ0v) is 21.9. The van der Waals surface area contributed by atoms with Gasteiger partial charge in [-0.1, -0.05) is 0 Å². The predicted molar refractivity (Wildman–Crippen MR) is 142 cm³/mol. The van der Waals surface area contributed by atoms with E-state index in [-0.39, 0.29) is 12.3 Å². The number of aliphatic carboxylic acids is 1. The highest BCUT2D eigenvalue weighted by Gasteiger charge is 2.30. The number of hydrogen-bond donors (Lipinski definition) is 1. The molecule has 0 amide bonds. The monoisotopic (exact) mass is 513 g/mol. The van der Waals surface area contributed by atoms with Crippen LogP contribution >= 0.6 is 11.8 Å². The van der Waals surface area contributed by atoms with E-state index in [2.05, 4.69) is 39.8 Å². The molecular weight excluding hydrogens is 477 g/mol. The summed E-state index contributed by atoms with van der Waals surface area (Å²) in [5.74, 6) is 1.54. The second-order valence-electron chi connectivity index (χ2n) is 9.68. The van der Waals surface area contributed by atoms with E-state index >= 15 is 4.39 Å². The van der Waals surface area contributed by atoms with E-state index in [0.29, 0.717) is 30.1 Å². The number of halogens is 1. The summed E-state index contributed by atoms with van der Waals surface area (Å²) in [7, 11) is 3.66. The van der Waals surface area contributed by atoms with E-state index in [4.69, 9.17) is 4.74 Å². The highest BCUT2D eigenvalue weighted by atomic mass is 32.2. The fourth-order valence-electron chi connectivity index (χ4n) is 5.31. The van der Waals surface area contributed by atoms with Crippen LogP contribution in [0, 0.1) is 11.8 Å². The maximum atomic E-state index is 15.5. The molecule has 1 aliphatic rings. The van der Waals surface area contributed by atoms with E-state index in [0.717, 1.165) is 49.1 Å². The van der Waals surface area contributed by atoms with Gasteiger partial charge < -0.3 is 19.3 Å². The van der Waals surface area contributed by atoms with Gasteiger partial charge in [0.2, 0.25) is 0 Å². The number of aryl methyl sites for hydroxylation is 1. The quantitative estimate of drug-likeness (QED) is 0.301. The largest absolute Gasteiger partial charge is 0.497 e. The number of hydrogen-bond acceptors (Lipinski definition) is 5. The molecule has 0 bridgehead atoms. The van der Waals surface area contributed by atoms with Gasteiger partial charge in [0.05, 0.1) is 17.7 Å². The maximum Gasteiger partial charge on any atom is 0.303 e. The van der Waals surface area contributed by atoms with Crippen LogP contribution in [0.4, 0.5) is 4.39 Å². The highest BCUT2D eigenvalue weighted by Crippen LogP contribution is 2.36. The Morgan fingerprint density at radius 1 is 1.28 bits per heavy atom. The summed E-state index contributed by atoms with van der Waals surface area (Å²) in [4.78, 5) is 18.1. The van der Waals surface area contributed by atoms with Crippen molar-refractivity contribution in [2.45, 2.75) is 43.3 Å². The Morgan fingerprint density at radius 2 is 2.14 bits per heavy atom. The lowest BCUT2D eigenvalue weighted by Crippen LogP contribution is -2.41. The number of pyridine rings is 1. The first kappa shape index (κ1) is 26.5. The van der Waals surface area contributed by atoms with Gasteiger partial charge >= 0.3 is 5.97 Å². The zero-order chi connectivity index (χ0) is 25.5. The van der Waals surface area contributed by atoms with Crippen LogP contribution in [0.1, 0.15) is 43.8 Å². The van der Waals surface area contributed by atoms with Crippen LogP contribution in [-0.4, -0.2) is 58.0 Å². The first-order chi connectivity index (χ1) is 17.4. The summed E-state index contributed by atoms with van der Waals surface area (Å²) in [5.41, 5.74) is 1.41. The molecule has 1 aromatic carbocycles. The molecule has 3 atom stereocenters. The number of carboxylic acids is 1. The molecule has 0 spiro atoms. The van der Waals surface area contributed by atoms with Crippen LogP contribution in [0.15, 0.2) is 53.8 Å². The van der Waals surface area contributed by atoms with E-state index < -0.39 is 12.1 Å². The van der Waals surface area contributed by atoms with Crippen LogP contribution in [0.25, 0.3) is 10.9 Å². The molecule has 8 heteroatoms. The molecule has 0 saturated carbocycles. The summed E-state index contributed by atoms with van der Waals surface area (Å²) in [6.45, 7) is 2.84. The van der Waals surface area contributed by atoms with Gasteiger partial charge in [-0.3, -0.25) is 9.78 Å². The minimum Gasteiger partial charge on any atom is -0.497 e. The lowest BCUT2D eigenvalue weighted by Gasteiger charge is -2.39.